The van der Waals surface area contributed by atoms with Crippen molar-refractivity contribution >= 4 is 17.8 Å². The number of nitrogens with zero attached hydrogens (tertiary/aromatic N) is 2. The molecule has 0 saturated carbocycles. The van der Waals surface area contributed by atoms with Crippen molar-refractivity contribution in [3.05, 3.63) is 24.2 Å². The predicted octanol–water partition coefficient (Wildman–Crippen LogP) is -0.443. The minimum atomic E-state index is -0.520. The third-order valence-electron chi connectivity index (χ3n) is 1.11. The number of carbonyl (C=O) groups excluding carboxylic acids is 1. The van der Waals surface area contributed by atoms with Gasteiger partial charge in [-0.15, -0.1) is 0 Å². The van der Waals surface area contributed by atoms with Gasteiger partial charge >= 0.3 is 0 Å². The molecule has 1 aromatic rings. The van der Waals surface area contributed by atoms with E-state index in [-0.39, 0.29) is 0 Å². The van der Waals surface area contributed by atoms with Crippen molar-refractivity contribution in [3.63, 3.8) is 0 Å². The summed E-state index contributed by atoms with van der Waals surface area (Å²) in [5, 5.41) is 0. The summed E-state index contributed by atoms with van der Waals surface area (Å²) in [6.07, 6.45) is 5.53. The summed E-state index contributed by atoms with van der Waals surface area (Å²) in [7, 11) is 0. The molecule has 0 spiro atoms. The minimum Gasteiger partial charge on any atom is -0.382 e. The highest BCUT2D eigenvalue weighted by Crippen LogP contribution is 1.97. The Labute approximate surface area is 69.1 Å². The average molecular weight is 164 g/mol. The van der Waals surface area contributed by atoms with Gasteiger partial charge in [-0.05, 0) is 6.08 Å². The van der Waals surface area contributed by atoms with Gasteiger partial charge < -0.3 is 11.5 Å². The van der Waals surface area contributed by atoms with Gasteiger partial charge in [-0.1, -0.05) is 0 Å². The fourth-order valence-electron chi connectivity index (χ4n) is 0.602. The highest BCUT2D eigenvalue weighted by atomic mass is 16.1. The van der Waals surface area contributed by atoms with Gasteiger partial charge in [-0.3, -0.25) is 9.78 Å². The lowest BCUT2D eigenvalue weighted by atomic mass is 10.4. The summed E-state index contributed by atoms with van der Waals surface area (Å²) in [6.45, 7) is 0. The molecule has 1 aromatic heterocycles. The zero-order valence-electron chi connectivity index (χ0n) is 6.27. The van der Waals surface area contributed by atoms with Crippen LogP contribution in [-0.2, 0) is 4.79 Å². The minimum absolute atomic E-state index is 0.339. The molecule has 0 bridgehead atoms. The van der Waals surface area contributed by atoms with E-state index in [1.54, 1.807) is 0 Å². The first-order valence-electron chi connectivity index (χ1n) is 3.23. The van der Waals surface area contributed by atoms with Gasteiger partial charge in [0, 0.05) is 6.08 Å². The molecule has 0 aliphatic rings. The van der Waals surface area contributed by atoms with E-state index in [1.807, 2.05) is 0 Å². The molecule has 1 amide bonds. The standard InChI is InChI=1S/C7H8N4O/c8-6-4-10-5(3-11-6)1-2-7(9)12/h1-4H,(H2,8,11)(H2,9,12). The highest BCUT2D eigenvalue weighted by Gasteiger charge is 1.89. The van der Waals surface area contributed by atoms with E-state index in [2.05, 4.69) is 9.97 Å². The van der Waals surface area contributed by atoms with Crippen LogP contribution < -0.4 is 11.5 Å². The lowest BCUT2D eigenvalue weighted by Crippen LogP contribution is -2.05. The Morgan fingerprint density at radius 3 is 2.67 bits per heavy atom. The van der Waals surface area contributed by atoms with E-state index < -0.39 is 5.91 Å². The molecule has 0 aliphatic carbocycles. The maximum atomic E-state index is 10.3. The van der Waals surface area contributed by atoms with Crippen LogP contribution in [0.15, 0.2) is 18.5 Å². The molecule has 0 fully saturated rings. The predicted molar refractivity (Wildman–Crippen MR) is 44.7 cm³/mol. The van der Waals surface area contributed by atoms with Crippen molar-refractivity contribution in [2.45, 2.75) is 0 Å². The Kier molecular flexibility index (Phi) is 2.37. The van der Waals surface area contributed by atoms with Crippen LogP contribution >= 0.6 is 0 Å². The first-order chi connectivity index (χ1) is 5.68. The fourth-order valence-corrected chi connectivity index (χ4v) is 0.602. The average Bonchev–Trinajstić information content (AvgIpc) is 2.03. The second-order valence-electron chi connectivity index (χ2n) is 2.10. The van der Waals surface area contributed by atoms with E-state index in [1.165, 1.54) is 24.5 Å². The van der Waals surface area contributed by atoms with Gasteiger partial charge in [0.1, 0.15) is 5.82 Å². The summed E-state index contributed by atoms with van der Waals surface area (Å²) in [5.41, 5.74) is 10.7. The van der Waals surface area contributed by atoms with Crippen molar-refractivity contribution in [2.75, 3.05) is 5.73 Å². The smallest absolute Gasteiger partial charge is 0.241 e. The molecule has 4 N–H and O–H groups in total. The number of hydrogen-bond acceptors (Lipinski definition) is 4. The molecule has 0 atom stereocenters. The topological polar surface area (TPSA) is 94.9 Å². The van der Waals surface area contributed by atoms with Crippen molar-refractivity contribution in [2.24, 2.45) is 5.73 Å². The molecule has 0 unspecified atom stereocenters. The van der Waals surface area contributed by atoms with Crippen LogP contribution in [0, 0.1) is 0 Å². The number of hydrogen-bond donors (Lipinski definition) is 2. The van der Waals surface area contributed by atoms with Gasteiger partial charge in [0.25, 0.3) is 0 Å². The molecule has 62 valence electrons. The largest absolute Gasteiger partial charge is 0.382 e. The van der Waals surface area contributed by atoms with Crippen molar-refractivity contribution in [3.8, 4) is 0 Å². The fraction of sp³-hybridized carbons (Fsp3) is 0. The van der Waals surface area contributed by atoms with Crippen LogP contribution in [0.25, 0.3) is 6.08 Å². The van der Waals surface area contributed by atoms with Crippen LogP contribution in [-0.4, -0.2) is 15.9 Å². The van der Waals surface area contributed by atoms with Gasteiger partial charge in [0.15, 0.2) is 0 Å². The van der Waals surface area contributed by atoms with Crippen LogP contribution in [0.2, 0.25) is 0 Å². The number of anilines is 1. The Morgan fingerprint density at radius 1 is 1.42 bits per heavy atom. The Morgan fingerprint density at radius 2 is 2.17 bits per heavy atom. The van der Waals surface area contributed by atoms with E-state index in [9.17, 15) is 4.79 Å². The lowest BCUT2D eigenvalue weighted by molar-refractivity contribution is -0.113. The van der Waals surface area contributed by atoms with Crippen molar-refractivity contribution < 1.29 is 4.79 Å². The van der Waals surface area contributed by atoms with Crippen LogP contribution in [0.5, 0.6) is 0 Å². The maximum Gasteiger partial charge on any atom is 0.241 e. The molecule has 5 heteroatoms. The zero-order valence-corrected chi connectivity index (χ0v) is 6.27. The van der Waals surface area contributed by atoms with Gasteiger partial charge in [0.05, 0.1) is 18.1 Å². The number of carbonyl (C=O) groups is 1. The highest BCUT2D eigenvalue weighted by molar-refractivity contribution is 5.89. The molecular weight excluding hydrogens is 156 g/mol. The summed E-state index contributed by atoms with van der Waals surface area (Å²) in [6, 6.07) is 0. The van der Waals surface area contributed by atoms with Crippen LogP contribution in [0.1, 0.15) is 5.69 Å². The Hall–Kier alpha value is -1.91. The molecule has 1 heterocycles. The second kappa shape index (κ2) is 3.47. The van der Waals surface area contributed by atoms with Gasteiger partial charge in [-0.2, -0.15) is 0 Å². The van der Waals surface area contributed by atoms with E-state index in [0.29, 0.717) is 11.5 Å². The molecule has 1 rings (SSSR count). The zero-order chi connectivity index (χ0) is 8.97. The third kappa shape index (κ3) is 2.37. The normalized spacial score (nSPS) is 10.3. The van der Waals surface area contributed by atoms with Crippen LogP contribution in [0.3, 0.4) is 0 Å². The Balaban J connectivity index is 2.77. The maximum absolute atomic E-state index is 10.3. The van der Waals surface area contributed by atoms with E-state index >= 15 is 0 Å². The molecule has 0 aliphatic heterocycles. The summed E-state index contributed by atoms with van der Waals surface area (Å²) in [5.74, 6) is -0.181. The van der Waals surface area contributed by atoms with E-state index in [0.717, 1.165) is 0 Å². The second-order valence-corrected chi connectivity index (χ2v) is 2.10. The first kappa shape index (κ1) is 8.19. The summed E-state index contributed by atoms with van der Waals surface area (Å²) >= 11 is 0. The number of rotatable bonds is 2. The number of primary amides is 1. The monoisotopic (exact) mass is 164 g/mol. The van der Waals surface area contributed by atoms with Crippen LogP contribution in [0.4, 0.5) is 5.82 Å². The van der Waals surface area contributed by atoms with Crippen molar-refractivity contribution in [1.82, 2.24) is 9.97 Å². The SMILES string of the molecule is NC(=O)C=Cc1cnc(N)cn1. The summed E-state index contributed by atoms with van der Waals surface area (Å²) < 4.78 is 0. The molecule has 12 heavy (non-hydrogen) atoms. The quantitative estimate of drug-likeness (QED) is 0.579. The number of nitrogen functional groups attached to an aromatic ring is 1. The van der Waals surface area contributed by atoms with Crippen molar-refractivity contribution in [1.29, 1.82) is 0 Å². The van der Waals surface area contributed by atoms with E-state index in [4.69, 9.17) is 11.5 Å². The van der Waals surface area contributed by atoms with Gasteiger partial charge in [0.2, 0.25) is 5.91 Å². The molecule has 0 aromatic carbocycles. The number of nitrogens with two attached hydrogens (primary N) is 2. The summed E-state index contributed by atoms with van der Waals surface area (Å²) in [4.78, 5) is 17.9. The number of aromatic nitrogens is 2. The third-order valence-corrected chi connectivity index (χ3v) is 1.11. The molecule has 5 nitrogen and oxygen atoms in total. The molecule has 0 saturated heterocycles. The lowest BCUT2D eigenvalue weighted by Gasteiger charge is -1.91. The molecule has 0 radical (unpaired) electrons. The first-order valence-corrected chi connectivity index (χ1v) is 3.23. The Bertz CT molecular complexity index is 304. The number of amides is 1. The molecular formula is C7H8N4O. The van der Waals surface area contributed by atoms with Gasteiger partial charge in [-0.25, -0.2) is 4.98 Å².